The van der Waals surface area contributed by atoms with E-state index in [-0.39, 0.29) is 18.4 Å². The first-order valence-corrected chi connectivity index (χ1v) is 6.17. The molecule has 0 unspecified atom stereocenters. The van der Waals surface area contributed by atoms with Gasteiger partial charge in [-0.15, -0.1) is 0 Å². The molecule has 0 atom stereocenters. The van der Waals surface area contributed by atoms with E-state index < -0.39 is 4.92 Å². The molecule has 106 valence electrons. The molecule has 0 fully saturated rings. The van der Waals surface area contributed by atoms with Gasteiger partial charge in [0.2, 0.25) is 0 Å². The lowest BCUT2D eigenvalue weighted by Gasteiger charge is -2.18. The molecule has 1 rings (SSSR count). The van der Waals surface area contributed by atoms with E-state index in [1.807, 2.05) is 11.8 Å². The van der Waals surface area contributed by atoms with Crippen LogP contribution in [0.2, 0.25) is 0 Å². The van der Waals surface area contributed by atoms with E-state index in [0.717, 1.165) is 6.42 Å². The van der Waals surface area contributed by atoms with Crippen LogP contribution in [0.5, 0.6) is 0 Å². The van der Waals surface area contributed by atoms with Gasteiger partial charge in [0.25, 0.3) is 0 Å². The van der Waals surface area contributed by atoms with Crippen molar-refractivity contribution in [2.75, 3.05) is 19.7 Å². The first-order chi connectivity index (χ1) is 9.06. The summed E-state index contributed by atoms with van der Waals surface area (Å²) in [6.07, 6.45) is 0.863. The van der Waals surface area contributed by atoms with Crippen LogP contribution in [0.15, 0.2) is 16.5 Å². The van der Waals surface area contributed by atoms with Crippen LogP contribution in [-0.4, -0.2) is 35.5 Å². The van der Waals surface area contributed by atoms with E-state index in [1.54, 1.807) is 13.0 Å². The molecule has 0 aliphatic carbocycles. The first-order valence-electron chi connectivity index (χ1n) is 6.17. The third-order valence-corrected chi connectivity index (χ3v) is 2.40. The van der Waals surface area contributed by atoms with Crippen LogP contribution in [0.3, 0.4) is 0 Å². The fourth-order valence-electron chi connectivity index (χ4n) is 1.69. The zero-order chi connectivity index (χ0) is 14.3. The fourth-order valence-corrected chi connectivity index (χ4v) is 1.69. The highest BCUT2D eigenvalue weighted by Gasteiger charge is 2.16. The minimum atomic E-state index is -0.584. The van der Waals surface area contributed by atoms with Crippen LogP contribution in [0.25, 0.3) is 0 Å². The molecular weight excluding hydrogens is 252 g/mol. The van der Waals surface area contributed by atoms with Crippen molar-refractivity contribution in [3.63, 3.8) is 0 Å². The van der Waals surface area contributed by atoms with Gasteiger partial charge in [0.1, 0.15) is 10.7 Å². The van der Waals surface area contributed by atoms with Crippen LogP contribution in [-0.2, 0) is 16.1 Å². The Kier molecular flexibility index (Phi) is 6.01. The van der Waals surface area contributed by atoms with E-state index in [2.05, 4.69) is 0 Å². The Morgan fingerprint density at radius 3 is 2.74 bits per heavy atom. The summed E-state index contributed by atoms with van der Waals surface area (Å²) < 4.78 is 9.95. The standard InChI is InChI=1S/C12H18N2O5/c1-3-7-13(9-12(15)18-4-2)8-10-5-6-11(19-10)14(16)17/h5-6H,3-4,7-9H2,1-2H3. The van der Waals surface area contributed by atoms with E-state index in [9.17, 15) is 14.9 Å². The van der Waals surface area contributed by atoms with Gasteiger partial charge in [-0.05, 0) is 26.0 Å². The molecular formula is C12H18N2O5. The van der Waals surface area contributed by atoms with E-state index >= 15 is 0 Å². The zero-order valence-corrected chi connectivity index (χ0v) is 11.1. The minimum absolute atomic E-state index is 0.149. The largest absolute Gasteiger partial charge is 0.465 e. The lowest BCUT2D eigenvalue weighted by atomic mass is 10.3. The minimum Gasteiger partial charge on any atom is -0.465 e. The van der Waals surface area contributed by atoms with E-state index in [0.29, 0.717) is 25.5 Å². The number of nitro groups is 1. The van der Waals surface area contributed by atoms with Crippen molar-refractivity contribution in [1.82, 2.24) is 4.90 Å². The Labute approximate surface area is 111 Å². The quantitative estimate of drug-likeness (QED) is 0.408. The lowest BCUT2D eigenvalue weighted by molar-refractivity contribution is -0.402. The Morgan fingerprint density at radius 2 is 2.21 bits per heavy atom. The average Bonchev–Trinajstić information content (AvgIpc) is 2.78. The Bertz CT molecular complexity index is 430. The maximum absolute atomic E-state index is 11.4. The second kappa shape index (κ2) is 7.52. The number of esters is 1. The summed E-state index contributed by atoms with van der Waals surface area (Å²) in [7, 11) is 0. The summed E-state index contributed by atoms with van der Waals surface area (Å²) in [5.74, 6) is -0.135. The molecule has 1 aromatic heterocycles. The number of hydrogen-bond acceptors (Lipinski definition) is 6. The van der Waals surface area contributed by atoms with Gasteiger partial charge >= 0.3 is 11.9 Å². The summed E-state index contributed by atoms with van der Waals surface area (Å²) >= 11 is 0. The molecule has 1 heterocycles. The number of ether oxygens (including phenoxy) is 1. The van der Waals surface area contributed by atoms with Crippen molar-refractivity contribution in [1.29, 1.82) is 0 Å². The summed E-state index contributed by atoms with van der Waals surface area (Å²) in [5, 5.41) is 10.5. The van der Waals surface area contributed by atoms with Gasteiger partial charge in [0.05, 0.1) is 25.8 Å². The van der Waals surface area contributed by atoms with Gasteiger partial charge in [0.15, 0.2) is 0 Å². The van der Waals surface area contributed by atoms with Gasteiger partial charge in [-0.3, -0.25) is 19.8 Å². The topological polar surface area (TPSA) is 85.8 Å². The molecule has 0 bridgehead atoms. The SMILES string of the molecule is CCCN(CC(=O)OCC)Cc1ccc([N+](=O)[O-])o1. The maximum atomic E-state index is 11.4. The van der Waals surface area contributed by atoms with Crippen LogP contribution >= 0.6 is 0 Å². The Hall–Kier alpha value is -1.89. The van der Waals surface area contributed by atoms with E-state index in [1.165, 1.54) is 6.07 Å². The van der Waals surface area contributed by atoms with Crippen molar-refractivity contribution < 1.29 is 18.9 Å². The van der Waals surface area contributed by atoms with Crippen LogP contribution in [0.1, 0.15) is 26.0 Å². The molecule has 7 heteroatoms. The molecule has 0 saturated heterocycles. The summed E-state index contributed by atoms with van der Waals surface area (Å²) in [6.45, 7) is 5.26. The fraction of sp³-hybridized carbons (Fsp3) is 0.583. The van der Waals surface area contributed by atoms with Crippen molar-refractivity contribution in [2.45, 2.75) is 26.8 Å². The Balaban J connectivity index is 2.61. The van der Waals surface area contributed by atoms with Crippen LogP contribution in [0.4, 0.5) is 5.88 Å². The average molecular weight is 270 g/mol. The molecule has 0 spiro atoms. The predicted molar refractivity (Wildman–Crippen MR) is 67.6 cm³/mol. The maximum Gasteiger partial charge on any atom is 0.433 e. The monoisotopic (exact) mass is 270 g/mol. The molecule has 0 radical (unpaired) electrons. The van der Waals surface area contributed by atoms with Crippen molar-refractivity contribution in [3.05, 3.63) is 28.0 Å². The number of hydrogen-bond donors (Lipinski definition) is 0. The number of nitrogens with zero attached hydrogens (tertiary/aromatic N) is 2. The summed E-state index contributed by atoms with van der Waals surface area (Å²) in [5.41, 5.74) is 0. The smallest absolute Gasteiger partial charge is 0.433 e. The van der Waals surface area contributed by atoms with Gasteiger partial charge in [-0.1, -0.05) is 6.92 Å². The normalized spacial score (nSPS) is 10.7. The molecule has 19 heavy (non-hydrogen) atoms. The van der Waals surface area contributed by atoms with Crippen molar-refractivity contribution in [2.24, 2.45) is 0 Å². The molecule has 0 aromatic carbocycles. The number of rotatable bonds is 8. The molecule has 0 N–H and O–H groups in total. The predicted octanol–water partition coefficient (Wildman–Crippen LogP) is 1.96. The number of carbonyl (C=O) groups excluding carboxylic acids is 1. The summed E-state index contributed by atoms with van der Waals surface area (Å²) in [6, 6.07) is 2.86. The van der Waals surface area contributed by atoms with Crippen molar-refractivity contribution in [3.8, 4) is 0 Å². The molecule has 0 aliphatic rings. The van der Waals surface area contributed by atoms with Gasteiger partial charge < -0.3 is 9.15 Å². The highest BCUT2D eigenvalue weighted by atomic mass is 16.6. The third kappa shape index (κ3) is 5.09. The van der Waals surface area contributed by atoms with Crippen molar-refractivity contribution >= 4 is 11.9 Å². The van der Waals surface area contributed by atoms with Crippen LogP contribution in [0, 0.1) is 10.1 Å². The third-order valence-electron chi connectivity index (χ3n) is 2.40. The number of furan rings is 1. The van der Waals surface area contributed by atoms with E-state index in [4.69, 9.17) is 9.15 Å². The molecule has 1 aromatic rings. The molecule has 0 saturated carbocycles. The lowest BCUT2D eigenvalue weighted by Crippen LogP contribution is -2.31. The Morgan fingerprint density at radius 1 is 1.47 bits per heavy atom. The van der Waals surface area contributed by atoms with Gasteiger partial charge in [0, 0.05) is 0 Å². The first kappa shape index (κ1) is 15.2. The van der Waals surface area contributed by atoms with Crippen LogP contribution < -0.4 is 0 Å². The summed E-state index contributed by atoms with van der Waals surface area (Å²) in [4.78, 5) is 23.2. The number of carbonyl (C=O) groups is 1. The molecule has 0 amide bonds. The highest BCUT2D eigenvalue weighted by Crippen LogP contribution is 2.17. The highest BCUT2D eigenvalue weighted by molar-refractivity contribution is 5.71. The van der Waals surface area contributed by atoms with Gasteiger partial charge in [-0.25, -0.2) is 0 Å². The molecule has 0 aliphatic heterocycles. The molecule has 7 nitrogen and oxygen atoms in total. The zero-order valence-electron chi connectivity index (χ0n) is 11.1. The second-order valence-electron chi connectivity index (χ2n) is 4.01. The van der Waals surface area contributed by atoms with Gasteiger partial charge in [-0.2, -0.15) is 0 Å². The second-order valence-corrected chi connectivity index (χ2v) is 4.01.